The average Bonchev–Trinajstić information content (AvgIpc) is 2.80. The molecule has 88 valence electrons. The molecule has 2 rings (SSSR count). The van der Waals surface area contributed by atoms with Crippen molar-refractivity contribution in [1.82, 2.24) is 20.1 Å². The van der Waals surface area contributed by atoms with Crippen molar-refractivity contribution in [3.05, 3.63) is 12.2 Å². The zero-order chi connectivity index (χ0) is 11.5. The molecule has 0 aromatic carbocycles. The molecule has 16 heavy (non-hydrogen) atoms. The van der Waals surface area contributed by atoms with Crippen molar-refractivity contribution in [3.8, 4) is 0 Å². The van der Waals surface area contributed by atoms with Gasteiger partial charge in [0.25, 0.3) is 5.91 Å². The molecule has 7 heteroatoms. The minimum Gasteiger partial charge on any atom is -0.394 e. The first-order valence-corrected chi connectivity index (χ1v) is 5.11. The summed E-state index contributed by atoms with van der Waals surface area (Å²) in [4.78, 5) is 17.3. The largest absolute Gasteiger partial charge is 0.394 e. The second-order valence-electron chi connectivity index (χ2n) is 3.80. The van der Waals surface area contributed by atoms with Crippen molar-refractivity contribution in [2.24, 2.45) is 0 Å². The van der Waals surface area contributed by atoms with Crippen molar-refractivity contribution in [2.45, 2.75) is 19.1 Å². The Morgan fingerprint density at radius 3 is 3.19 bits per heavy atom. The lowest BCUT2D eigenvalue weighted by molar-refractivity contribution is -0.0860. The Kier molecular flexibility index (Phi) is 3.16. The van der Waals surface area contributed by atoms with E-state index in [9.17, 15) is 4.79 Å². The van der Waals surface area contributed by atoms with Crippen LogP contribution in [-0.4, -0.2) is 63.0 Å². The van der Waals surface area contributed by atoms with Gasteiger partial charge >= 0.3 is 0 Å². The van der Waals surface area contributed by atoms with Gasteiger partial charge < -0.3 is 14.7 Å². The third kappa shape index (κ3) is 2.20. The fraction of sp³-hybridized carbons (Fsp3) is 0.667. The molecule has 2 atom stereocenters. The third-order valence-electron chi connectivity index (χ3n) is 2.43. The van der Waals surface area contributed by atoms with Gasteiger partial charge in [-0.05, 0) is 6.92 Å². The van der Waals surface area contributed by atoms with Gasteiger partial charge in [0.1, 0.15) is 6.33 Å². The maximum absolute atomic E-state index is 11.9. The first-order chi connectivity index (χ1) is 7.70. The lowest BCUT2D eigenvalue weighted by Gasteiger charge is -2.35. The molecule has 0 saturated carbocycles. The van der Waals surface area contributed by atoms with E-state index in [0.717, 1.165) is 0 Å². The third-order valence-corrected chi connectivity index (χ3v) is 2.43. The molecule has 1 aromatic rings. The maximum atomic E-state index is 11.9. The van der Waals surface area contributed by atoms with Crippen LogP contribution in [0.15, 0.2) is 6.33 Å². The number of morpholine rings is 1. The van der Waals surface area contributed by atoms with Crippen LogP contribution in [0.3, 0.4) is 0 Å². The number of nitrogens with zero attached hydrogens (tertiary/aromatic N) is 3. The number of amides is 1. The number of aromatic amines is 1. The Balaban J connectivity index is 2.06. The molecule has 7 nitrogen and oxygen atoms in total. The van der Waals surface area contributed by atoms with E-state index in [1.807, 2.05) is 6.92 Å². The van der Waals surface area contributed by atoms with Gasteiger partial charge in [0.05, 0.1) is 18.8 Å². The van der Waals surface area contributed by atoms with Gasteiger partial charge in [-0.15, -0.1) is 0 Å². The molecule has 1 amide bonds. The summed E-state index contributed by atoms with van der Waals surface area (Å²) >= 11 is 0. The SMILES string of the molecule is CC1CN(C(=O)c2ncn[nH]2)CC(CO)O1. The zero-order valence-corrected chi connectivity index (χ0v) is 8.96. The Morgan fingerprint density at radius 1 is 1.75 bits per heavy atom. The summed E-state index contributed by atoms with van der Waals surface area (Å²) in [6.07, 6.45) is 0.883. The van der Waals surface area contributed by atoms with Crippen molar-refractivity contribution in [3.63, 3.8) is 0 Å². The number of aliphatic hydroxyl groups excluding tert-OH is 1. The number of ether oxygens (including phenoxy) is 1. The number of nitrogens with one attached hydrogen (secondary N) is 1. The van der Waals surface area contributed by atoms with E-state index in [-0.39, 0.29) is 30.5 Å². The fourth-order valence-corrected chi connectivity index (χ4v) is 1.77. The van der Waals surface area contributed by atoms with Crippen molar-refractivity contribution in [2.75, 3.05) is 19.7 Å². The number of carbonyl (C=O) groups is 1. The second kappa shape index (κ2) is 4.58. The van der Waals surface area contributed by atoms with Gasteiger partial charge in [-0.25, -0.2) is 4.98 Å². The van der Waals surface area contributed by atoms with Crippen LogP contribution >= 0.6 is 0 Å². The number of H-pyrrole nitrogens is 1. The monoisotopic (exact) mass is 226 g/mol. The lowest BCUT2D eigenvalue weighted by Crippen LogP contribution is -2.50. The van der Waals surface area contributed by atoms with E-state index in [1.54, 1.807) is 4.90 Å². The first-order valence-electron chi connectivity index (χ1n) is 5.11. The topological polar surface area (TPSA) is 91.3 Å². The Morgan fingerprint density at radius 2 is 2.56 bits per heavy atom. The van der Waals surface area contributed by atoms with Crippen LogP contribution in [0.2, 0.25) is 0 Å². The highest BCUT2D eigenvalue weighted by atomic mass is 16.5. The van der Waals surface area contributed by atoms with Crippen LogP contribution in [0.5, 0.6) is 0 Å². The highest BCUT2D eigenvalue weighted by Gasteiger charge is 2.29. The molecule has 2 N–H and O–H groups in total. The molecule has 1 aliphatic heterocycles. The van der Waals surface area contributed by atoms with Gasteiger partial charge in [0.15, 0.2) is 0 Å². The summed E-state index contributed by atoms with van der Waals surface area (Å²) in [5, 5.41) is 15.2. The van der Waals surface area contributed by atoms with Gasteiger partial charge in [0, 0.05) is 13.1 Å². The van der Waals surface area contributed by atoms with E-state index in [1.165, 1.54) is 6.33 Å². The summed E-state index contributed by atoms with van der Waals surface area (Å²) in [5.74, 6) is -0.00288. The Hall–Kier alpha value is -1.47. The lowest BCUT2D eigenvalue weighted by atomic mass is 10.2. The van der Waals surface area contributed by atoms with Gasteiger partial charge in [0.2, 0.25) is 5.82 Å². The van der Waals surface area contributed by atoms with Crippen LogP contribution in [0.1, 0.15) is 17.5 Å². The number of aliphatic hydroxyl groups is 1. The van der Waals surface area contributed by atoms with E-state index in [0.29, 0.717) is 13.1 Å². The summed E-state index contributed by atoms with van der Waals surface area (Å²) < 4.78 is 5.44. The summed E-state index contributed by atoms with van der Waals surface area (Å²) in [5.41, 5.74) is 0. The van der Waals surface area contributed by atoms with Crippen LogP contribution in [0.4, 0.5) is 0 Å². The van der Waals surface area contributed by atoms with E-state index in [2.05, 4.69) is 15.2 Å². The van der Waals surface area contributed by atoms with Crippen molar-refractivity contribution in [1.29, 1.82) is 0 Å². The molecular formula is C9H14N4O3. The molecule has 1 aliphatic rings. The molecule has 0 radical (unpaired) electrons. The predicted octanol–water partition coefficient (Wildman–Crippen LogP) is -0.973. The molecule has 0 bridgehead atoms. The molecule has 0 spiro atoms. The minimum absolute atomic E-state index is 0.0854. The molecular weight excluding hydrogens is 212 g/mol. The Bertz CT molecular complexity index is 354. The highest BCUT2D eigenvalue weighted by molar-refractivity contribution is 5.90. The number of hydrogen-bond acceptors (Lipinski definition) is 5. The number of rotatable bonds is 2. The van der Waals surface area contributed by atoms with Crippen LogP contribution < -0.4 is 0 Å². The smallest absolute Gasteiger partial charge is 0.291 e. The quantitative estimate of drug-likeness (QED) is 0.676. The first kappa shape index (κ1) is 11.0. The number of carbonyl (C=O) groups excluding carboxylic acids is 1. The van der Waals surface area contributed by atoms with Crippen molar-refractivity contribution < 1.29 is 14.6 Å². The average molecular weight is 226 g/mol. The van der Waals surface area contributed by atoms with Crippen molar-refractivity contribution >= 4 is 5.91 Å². The molecule has 1 aromatic heterocycles. The minimum atomic E-state index is -0.323. The summed E-state index contributed by atoms with van der Waals surface area (Å²) in [7, 11) is 0. The number of aromatic nitrogens is 3. The molecule has 1 saturated heterocycles. The fourth-order valence-electron chi connectivity index (χ4n) is 1.77. The zero-order valence-electron chi connectivity index (χ0n) is 8.96. The van der Waals surface area contributed by atoms with Gasteiger partial charge in [-0.3, -0.25) is 9.89 Å². The molecule has 1 fully saturated rings. The maximum Gasteiger partial charge on any atom is 0.291 e. The van der Waals surface area contributed by atoms with Gasteiger partial charge in [-0.2, -0.15) is 5.10 Å². The normalized spacial score (nSPS) is 25.8. The van der Waals surface area contributed by atoms with Crippen LogP contribution in [0.25, 0.3) is 0 Å². The van der Waals surface area contributed by atoms with Crippen LogP contribution in [0, 0.1) is 0 Å². The second-order valence-corrected chi connectivity index (χ2v) is 3.80. The summed E-state index contributed by atoms with van der Waals surface area (Å²) in [6.45, 7) is 2.64. The molecule has 2 unspecified atom stereocenters. The van der Waals surface area contributed by atoms with Gasteiger partial charge in [-0.1, -0.05) is 0 Å². The van der Waals surface area contributed by atoms with E-state index in [4.69, 9.17) is 9.84 Å². The predicted molar refractivity (Wildman–Crippen MR) is 53.7 cm³/mol. The standard InChI is InChI=1S/C9H14N4O3/c1-6-2-13(3-7(4-14)16-6)9(15)8-10-5-11-12-8/h5-7,14H,2-4H2,1H3,(H,10,11,12). The number of hydrogen-bond donors (Lipinski definition) is 2. The van der Waals surface area contributed by atoms with Crippen LogP contribution in [-0.2, 0) is 4.74 Å². The highest BCUT2D eigenvalue weighted by Crippen LogP contribution is 2.12. The summed E-state index contributed by atoms with van der Waals surface area (Å²) in [6, 6.07) is 0. The van der Waals surface area contributed by atoms with E-state index < -0.39 is 0 Å². The molecule has 0 aliphatic carbocycles. The van der Waals surface area contributed by atoms with E-state index >= 15 is 0 Å². The Labute approximate surface area is 92.4 Å². The molecule has 2 heterocycles.